The normalized spacial score (nSPS) is 28.8. The minimum Gasteiger partial charge on any atom is -0.497 e. The lowest BCUT2D eigenvalue weighted by Gasteiger charge is -2.37. The van der Waals surface area contributed by atoms with Crippen LogP contribution in [0, 0.1) is 0 Å². The van der Waals surface area contributed by atoms with Gasteiger partial charge in [0.1, 0.15) is 35.7 Å². The van der Waals surface area contributed by atoms with Gasteiger partial charge in [-0.3, -0.25) is 9.59 Å². The van der Waals surface area contributed by atoms with E-state index in [1.165, 1.54) is 6.42 Å². The zero-order valence-corrected chi connectivity index (χ0v) is 26.2. The molecule has 0 bridgehead atoms. The van der Waals surface area contributed by atoms with Crippen LogP contribution in [-0.2, 0) is 25.5 Å². The standard InChI is InChI=1S/C35H41N5O6/c1-43-25-17-15-22(16-18-25)21-39-29(32(41)36-24-13-7-3-8-14-24)30-28(31-34(44-30)46-35(45-31)19-9-4-10-20-35)40-27(33(39)42)26(37-38-40)23-11-5-2-6-12-23/h2,5-6,11-12,15-18,24,28-31,34H,3-4,7-10,13-14,19-21H2,1H3,(H,36,41)/t28-,29+,30-,31+,34+/m0/s1. The zero-order chi connectivity index (χ0) is 31.3. The fourth-order valence-corrected chi connectivity index (χ4v) is 8.09. The highest BCUT2D eigenvalue weighted by molar-refractivity contribution is 6.01. The predicted octanol–water partition coefficient (Wildman–Crippen LogP) is 4.77. The van der Waals surface area contributed by atoms with Gasteiger partial charge in [-0.05, 0) is 43.4 Å². The first-order valence-electron chi connectivity index (χ1n) is 16.8. The van der Waals surface area contributed by atoms with Crippen molar-refractivity contribution in [1.29, 1.82) is 0 Å². The molecule has 2 aromatic carbocycles. The molecule has 0 radical (unpaired) electrons. The average molecular weight is 628 g/mol. The maximum Gasteiger partial charge on any atom is 0.275 e. The van der Waals surface area contributed by atoms with Crippen molar-refractivity contribution in [2.75, 3.05) is 7.11 Å². The fraction of sp³-hybridized carbons (Fsp3) is 0.543. The molecule has 242 valence electrons. The van der Waals surface area contributed by atoms with E-state index in [4.69, 9.17) is 18.9 Å². The number of benzene rings is 2. The van der Waals surface area contributed by atoms with E-state index in [0.29, 0.717) is 17.1 Å². The van der Waals surface area contributed by atoms with Crippen LogP contribution in [0.3, 0.4) is 0 Å². The third-order valence-electron chi connectivity index (χ3n) is 10.4. The predicted molar refractivity (Wildman–Crippen MR) is 167 cm³/mol. The molecule has 2 saturated heterocycles. The summed E-state index contributed by atoms with van der Waals surface area (Å²) >= 11 is 0. The van der Waals surface area contributed by atoms with Crippen LogP contribution in [0.4, 0.5) is 0 Å². The molecule has 3 aromatic rings. The molecule has 11 nitrogen and oxygen atoms in total. The lowest BCUT2D eigenvalue weighted by molar-refractivity contribution is -0.244. The van der Waals surface area contributed by atoms with Crippen molar-refractivity contribution >= 4 is 11.8 Å². The van der Waals surface area contributed by atoms with Gasteiger partial charge in [-0.2, -0.15) is 0 Å². The smallest absolute Gasteiger partial charge is 0.275 e. The van der Waals surface area contributed by atoms with Gasteiger partial charge in [0, 0.05) is 31.0 Å². The SMILES string of the molecule is COc1ccc(CN2C(=O)c3c(-c4ccccc4)nnn3[C@@H]3[C@H]4OC5(CCCCC5)O[C@H]4O[C@@H]3[C@@H]2C(=O)NC2CCCCC2)cc1. The molecule has 2 aliphatic carbocycles. The molecular formula is C35H41N5O6. The summed E-state index contributed by atoms with van der Waals surface area (Å²) in [6, 6.07) is 15.6. The Hall–Kier alpha value is -3.80. The van der Waals surface area contributed by atoms with Crippen LogP contribution in [-0.4, -0.2) is 75.2 Å². The Morgan fingerprint density at radius 1 is 0.957 bits per heavy atom. The molecule has 1 N–H and O–H groups in total. The Morgan fingerprint density at radius 3 is 2.43 bits per heavy atom. The average Bonchev–Trinajstić information content (AvgIpc) is 3.75. The second-order valence-corrected chi connectivity index (χ2v) is 13.3. The van der Waals surface area contributed by atoms with Gasteiger partial charge in [-0.25, -0.2) is 4.68 Å². The van der Waals surface area contributed by atoms with Crippen LogP contribution in [0.15, 0.2) is 54.6 Å². The van der Waals surface area contributed by atoms with E-state index in [9.17, 15) is 9.59 Å². The van der Waals surface area contributed by atoms with Crippen molar-refractivity contribution in [3.63, 3.8) is 0 Å². The molecule has 4 fully saturated rings. The van der Waals surface area contributed by atoms with E-state index in [1.807, 2.05) is 54.6 Å². The first-order valence-corrected chi connectivity index (χ1v) is 16.8. The molecule has 5 atom stereocenters. The van der Waals surface area contributed by atoms with Gasteiger partial charge >= 0.3 is 0 Å². The zero-order valence-electron chi connectivity index (χ0n) is 26.2. The summed E-state index contributed by atoms with van der Waals surface area (Å²) in [5.74, 6) is -0.565. The number of ether oxygens (including phenoxy) is 4. The van der Waals surface area contributed by atoms with E-state index >= 15 is 0 Å². The minimum atomic E-state index is -0.952. The first kappa shape index (κ1) is 29.6. The maximum absolute atomic E-state index is 14.9. The number of nitrogens with one attached hydrogen (secondary N) is 1. The molecule has 8 rings (SSSR count). The summed E-state index contributed by atoms with van der Waals surface area (Å²) in [6.45, 7) is 0.179. The molecule has 2 amide bonds. The summed E-state index contributed by atoms with van der Waals surface area (Å²) < 4.78 is 27.2. The highest BCUT2D eigenvalue weighted by atomic mass is 16.8. The van der Waals surface area contributed by atoms with Crippen molar-refractivity contribution in [3.05, 3.63) is 65.9 Å². The number of rotatable bonds is 6. The van der Waals surface area contributed by atoms with Crippen LogP contribution < -0.4 is 10.1 Å². The van der Waals surface area contributed by atoms with Gasteiger partial charge in [0.15, 0.2) is 17.8 Å². The molecule has 1 aromatic heterocycles. The summed E-state index contributed by atoms with van der Waals surface area (Å²) in [6.07, 6.45) is 7.89. The topological polar surface area (TPSA) is 117 Å². The first-order chi connectivity index (χ1) is 22.5. The summed E-state index contributed by atoms with van der Waals surface area (Å²) in [5.41, 5.74) is 2.41. The van der Waals surface area contributed by atoms with Crippen molar-refractivity contribution in [3.8, 4) is 17.0 Å². The molecular weight excluding hydrogens is 586 g/mol. The van der Waals surface area contributed by atoms with Crippen molar-refractivity contribution in [2.24, 2.45) is 0 Å². The largest absolute Gasteiger partial charge is 0.497 e. The Bertz CT molecular complexity index is 1570. The number of fused-ring (bicyclic) bond motifs is 5. The third-order valence-corrected chi connectivity index (χ3v) is 10.4. The Labute approximate surface area is 268 Å². The number of hydrogen-bond acceptors (Lipinski definition) is 8. The summed E-state index contributed by atoms with van der Waals surface area (Å²) in [5, 5.41) is 12.5. The minimum absolute atomic E-state index is 0.0541. The number of methoxy groups -OCH3 is 1. The highest BCUT2D eigenvalue weighted by Crippen LogP contribution is 2.51. The van der Waals surface area contributed by atoms with Crippen molar-refractivity contribution in [1.82, 2.24) is 25.2 Å². The van der Waals surface area contributed by atoms with Crippen LogP contribution in [0.2, 0.25) is 0 Å². The lowest BCUT2D eigenvalue weighted by atomic mass is 9.93. The highest BCUT2D eigenvalue weighted by Gasteiger charge is 2.64. The number of nitrogens with zero attached hydrogens (tertiary/aromatic N) is 4. The number of hydrogen-bond donors (Lipinski definition) is 1. The number of aromatic nitrogens is 3. The molecule has 1 spiro atoms. The Kier molecular flexibility index (Phi) is 7.78. The van der Waals surface area contributed by atoms with Gasteiger partial charge in [0.2, 0.25) is 5.91 Å². The lowest BCUT2D eigenvalue weighted by Crippen LogP contribution is -2.57. The van der Waals surface area contributed by atoms with Gasteiger partial charge in [-0.1, -0.05) is 73.4 Å². The molecule has 2 saturated carbocycles. The van der Waals surface area contributed by atoms with Gasteiger partial charge < -0.3 is 29.2 Å². The van der Waals surface area contributed by atoms with Crippen molar-refractivity contribution < 1.29 is 28.5 Å². The number of carbonyl (C=O) groups is 2. The van der Waals surface area contributed by atoms with E-state index in [0.717, 1.165) is 68.9 Å². The third kappa shape index (κ3) is 5.18. The van der Waals surface area contributed by atoms with Crippen molar-refractivity contribution in [2.45, 2.75) is 113 Å². The van der Waals surface area contributed by atoms with Gasteiger partial charge in [0.25, 0.3) is 5.91 Å². The second-order valence-electron chi connectivity index (χ2n) is 13.3. The molecule has 3 aliphatic heterocycles. The van der Waals surface area contributed by atoms with Crippen LogP contribution in [0.1, 0.15) is 86.3 Å². The summed E-state index contributed by atoms with van der Waals surface area (Å²) in [7, 11) is 1.62. The van der Waals surface area contributed by atoms with Crippen LogP contribution >= 0.6 is 0 Å². The fourth-order valence-electron chi connectivity index (χ4n) is 8.09. The molecule has 46 heavy (non-hydrogen) atoms. The Balaban J connectivity index is 1.24. The molecule has 4 heterocycles. The van der Waals surface area contributed by atoms with Gasteiger partial charge in [0.05, 0.1) is 7.11 Å². The quantitative estimate of drug-likeness (QED) is 0.416. The Morgan fingerprint density at radius 2 is 1.70 bits per heavy atom. The number of carbonyl (C=O) groups excluding carboxylic acids is 2. The van der Waals surface area contributed by atoms with E-state index < -0.39 is 36.4 Å². The number of amides is 2. The second kappa shape index (κ2) is 12.1. The molecule has 11 heteroatoms. The van der Waals surface area contributed by atoms with Crippen LogP contribution in [0.25, 0.3) is 11.3 Å². The monoisotopic (exact) mass is 627 g/mol. The van der Waals surface area contributed by atoms with E-state index in [-0.39, 0.29) is 24.4 Å². The van der Waals surface area contributed by atoms with Gasteiger partial charge in [-0.15, -0.1) is 5.10 Å². The molecule has 0 unspecified atom stereocenters. The summed E-state index contributed by atoms with van der Waals surface area (Å²) in [4.78, 5) is 31.1. The van der Waals surface area contributed by atoms with Crippen LogP contribution in [0.5, 0.6) is 5.75 Å². The van der Waals surface area contributed by atoms with E-state index in [1.54, 1.807) is 16.7 Å². The molecule has 5 aliphatic rings. The maximum atomic E-state index is 14.9. The van der Waals surface area contributed by atoms with E-state index in [2.05, 4.69) is 15.6 Å².